The van der Waals surface area contributed by atoms with Crippen molar-refractivity contribution in [2.45, 2.75) is 26.2 Å². The number of carboxylic acid groups (broad SMARTS) is 1. The Morgan fingerprint density at radius 2 is 1.77 bits per heavy atom. The maximum atomic E-state index is 12.8. The van der Waals surface area contributed by atoms with Gasteiger partial charge in [-0.2, -0.15) is 0 Å². The van der Waals surface area contributed by atoms with Crippen molar-refractivity contribution in [3.63, 3.8) is 0 Å². The van der Waals surface area contributed by atoms with Crippen LogP contribution in [0.3, 0.4) is 0 Å². The minimum atomic E-state index is -1.22. The van der Waals surface area contributed by atoms with Gasteiger partial charge in [0, 0.05) is 18.3 Å². The van der Waals surface area contributed by atoms with Crippen LogP contribution < -0.4 is 0 Å². The molecule has 0 unspecified atom stereocenters. The summed E-state index contributed by atoms with van der Waals surface area (Å²) < 4.78 is 7.09. The lowest BCUT2D eigenvalue weighted by Gasteiger charge is -2.10. The van der Waals surface area contributed by atoms with Gasteiger partial charge in [-0.1, -0.05) is 66.2 Å². The number of carboxylic acids is 1. The first kappa shape index (κ1) is 22.2. The average Bonchev–Trinajstić information content (AvgIpc) is 3.23. The highest BCUT2D eigenvalue weighted by molar-refractivity contribution is 6.08. The van der Waals surface area contributed by atoms with E-state index in [9.17, 15) is 9.59 Å². The summed E-state index contributed by atoms with van der Waals surface area (Å²) in [7, 11) is 0. The lowest BCUT2D eigenvalue weighted by molar-refractivity contribution is -0.153. The topological polar surface area (TPSA) is 88.8 Å². The van der Waals surface area contributed by atoms with Gasteiger partial charge >= 0.3 is 5.97 Å². The quantitative estimate of drug-likeness (QED) is 0.489. The van der Waals surface area contributed by atoms with Gasteiger partial charge in [0.2, 0.25) is 5.78 Å². The van der Waals surface area contributed by atoms with E-state index in [1.165, 1.54) is 0 Å². The molecule has 0 radical (unpaired) electrons. The standard InChI is InChI=1S/C25H25NO5/c1-18-6-12-21(13-7-18)24(28)22-5-3-15-26(22)14-2-4-19-8-10-20(11-9-19)17-31-23(16-27)25(29)30/h2-13,15,23,27H,14,16-17H2,1H3,(H,29,30)/t23-/m1/s1. The van der Waals surface area contributed by atoms with Gasteiger partial charge in [-0.05, 0) is 30.2 Å². The molecule has 0 aliphatic heterocycles. The second-order valence-electron chi connectivity index (χ2n) is 7.21. The Kier molecular flexibility index (Phi) is 7.54. The van der Waals surface area contributed by atoms with Crippen LogP contribution >= 0.6 is 0 Å². The monoisotopic (exact) mass is 419 g/mol. The number of hydrogen-bond acceptors (Lipinski definition) is 4. The molecule has 0 aliphatic rings. The number of ether oxygens (including phenoxy) is 1. The average molecular weight is 419 g/mol. The lowest BCUT2D eigenvalue weighted by Crippen LogP contribution is -2.27. The van der Waals surface area contributed by atoms with Crippen LogP contribution in [-0.2, 0) is 22.7 Å². The van der Waals surface area contributed by atoms with Crippen molar-refractivity contribution in [2.75, 3.05) is 6.61 Å². The van der Waals surface area contributed by atoms with E-state index in [0.29, 0.717) is 17.8 Å². The zero-order valence-corrected chi connectivity index (χ0v) is 17.3. The zero-order chi connectivity index (χ0) is 22.2. The number of allylic oxidation sites excluding steroid dienone is 1. The normalized spacial score (nSPS) is 12.2. The number of aliphatic carboxylic acids is 1. The molecule has 3 aromatic rings. The van der Waals surface area contributed by atoms with E-state index in [-0.39, 0.29) is 12.4 Å². The van der Waals surface area contributed by atoms with Crippen LogP contribution in [0.5, 0.6) is 0 Å². The highest BCUT2D eigenvalue weighted by atomic mass is 16.5. The predicted octanol–water partition coefficient (Wildman–Crippen LogP) is 3.70. The van der Waals surface area contributed by atoms with E-state index in [4.69, 9.17) is 14.9 Å². The van der Waals surface area contributed by atoms with Crippen LogP contribution in [-0.4, -0.2) is 39.2 Å². The summed E-state index contributed by atoms with van der Waals surface area (Å²) in [6.07, 6.45) is 4.59. The maximum Gasteiger partial charge on any atom is 0.335 e. The van der Waals surface area contributed by atoms with Crippen LogP contribution in [0, 0.1) is 6.92 Å². The number of carbonyl (C=O) groups excluding carboxylic acids is 1. The summed E-state index contributed by atoms with van der Waals surface area (Å²) in [5, 5.41) is 17.9. The largest absolute Gasteiger partial charge is 0.479 e. The SMILES string of the molecule is Cc1ccc(C(=O)c2cccn2CC=Cc2ccc(CO[C@H](CO)C(=O)O)cc2)cc1. The van der Waals surface area contributed by atoms with E-state index in [1.54, 1.807) is 0 Å². The Balaban J connectivity index is 1.59. The predicted molar refractivity (Wildman–Crippen MR) is 118 cm³/mol. The van der Waals surface area contributed by atoms with E-state index < -0.39 is 18.7 Å². The number of aliphatic hydroxyl groups is 1. The van der Waals surface area contributed by atoms with Crippen molar-refractivity contribution < 1.29 is 24.5 Å². The van der Waals surface area contributed by atoms with E-state index in [0.717, 1.165) is 16.7 Å². The fourth-order valence-electron chi connectivity index (χ4n) is 3.06. The Morgan fingerprint density at radius 3 is 2.42 bits per heavy atom. The summed E-state index contributed by atoms with van der Waals surface area (Å²) in [5.74, 6) is -1.20. The molecular weight excluding hydrogens is 394 g/mol. The van der Waals surface area contributed by atoms with Crippen molar-refractivity contribution >= 4 is 17.8 Å². The lowest BCUT2D eigenvalue weighted by atomic mass is 10.1. The minimum absolute atomic E-state index is 0.00898. The van der Waals surface area contributed by atoms with Crippen molar-refractivity contribution in [1.29, 1.82) is 0 Å². The molecule has 31 heavy (non-hydrogen) atoms. The molecule has 2 aromatic carbocycles. The number of hydrogen-bond donors (Lipinski definition) is 2. The zero-order valence-electron chi connectivity index (χ0n) is 17.3. The molecule has 6 heteroatoms. The van der Waals surface area contributed by atoms with Crippen molar-refractivity contribution in [3.05, 3.63) is 101 Å². The van der Waals surface area contributed by atoms with E-state index in [1.807, 2.05) is 90.5 Å². The third-order valence-corrected chi connectivity index (χ3v) is 4.86. The van der Waals surface area contributed by atoms with Crippen LogP contribution in [0.15, 0.2) is 72.9 Å². The first-order valence-corrected chi connectivity index (χ1v) is 9.95. The molecular formula is C25H25NO5. The third-order valence-electron chi connectivity index (χ3n) is 4.86. The first-order chi connectivity index (χ1) is 15.0. The molecule has 6 nitrogen and oxygen atoms in total. The second-order valence-corrected chi connectivity index (χ2v) is 7.21. The molecule has 1 heterocycles. The minimum Gasteiger partial charge on any atom is -0.479 e. The molecule has 0 amide bonds. The fourth-order valence-corrected chi connectivity index (χ4v) is 3.06. The summed E-state index contributed by atoms with van der Waals surface area (Å²) in [4.78, 5) is 23.6. The van der Waals surface area contributed by atoms with Crippen LogP contribution in [0.4, 0.5) is 0 Å². The molecule has 1 atom stereocenters. The highest BCUT2D eigenvalue weighted by Gasteiger charge is 2.16. The molecule has 160 valence electrons. The van der Waals surface area contributed by atoms with Gasteiger partial charge in [-0.25, -0.2) is 4.79 Å². The second kappa shape index (κ2) is 10.5. The van der Waals surface area contributed by atoms with Crippen LogP contribution in [0.2, 0.25) is 0 Å². The van der Waals surface area contributed by atoms with Crippen LogP contribution in [0.25, 0.3) is 6.08 Å². The number of aliphatic hydroxyl groups excluding tert-OH is 1. The number of benzene rings is 2. The van der Waals surface area contributed by atoms with Gasteiger partial charge in [0.15, 0.2) is 6.10 Å². The van der Waals surface area contributed by atoms with Crippen LogP contribution in [0.1, 0.15) is 32.7 Å². The van der Waals surface area contributed by atoms with Gasteiger partial charge in [0.25, 0.3) is 0 Å². The molecule has 2 N–H and O–H groups in total. The van der Waals surface area contributed by atoms with E-state index >= 15 is 0 Å². The summed E-state index contributed by atoms with van der Waals surface area (Å²) in [6.45, 7) is 2.09. The van der Waals surface area contributed by atoms with Gasteiger partial charge < -0.3 is 19.5 Å². The first-order valence-electron chi connectivity index (χ1n) is 9.95. The molecule has 0 aliphatic carbocycles. The molecule has 0 bridgehead atoms. The Hall–Kier alpha value is -3.48. The molecule has 1 aromatic heterocycles. The van der Waals surface area contributed by atoms with Gasteiger partial charge in [0.1, 0.15) is 0 Å². The molecule has 0 fully saturated rings. The number of ketones is 1. The third kappa shape index (κ3) is 6.01. The Bertz CT molecular complexity index is 1050. The molecule has 3 rings (SSSR count). The number of nitrogens with zero attached hydrogens (tertiary/aromatic N) is 1. The van der Waals surface area contributed by atoms with Gasteiger partial charge in [-0.3, -0.25) is 4.79 Å². The fraction of sp³-hybridized carbons (Fsp3) is 0.200. The number of aryl methyl sites for hydroxylation is 1. The Labute approximate surface area is 181 Å². The van der Waals surface area contributed by atoms with Crippen molar-refractivity contribution in [1.82, 2.24) is 4.57 Å². The Morgan fingerprint density at radius 1 is 1.06 bits per heavy atom. The smallest absolute Gasteiger partial charge is 0.335 e. The summed E-state index contributed by atoms with van der Waals surface area (Å²) in [5.41, 5.74) is 4.20. The highest BCUT2D eigenvalue weighted by Crippen LogP contribution is 2.13. The molecule has 0 spiro atoms. The van der Waals surface area contributed by atoms with Gasteiger partial charge in [-0.15, -0.1) is 0 Å². The van der Waals surface area contributed by atoms with Gasteiger partial charge in [0.05, 0.1) is 18.9 Å². The molecule has 0 saturated heterocycles. The summed E-state index contributed by atoms with van der Waals surface area (Å²) >= 11 is 0. The van der Waals surface area contributed by atoms with E-state index in [2.05, 4.69) is 0 Å². The maximum absolute atomic E-state index is 12.8. The van der Waals surface area contributed by atoms with Crippen molar-refractivity contribution in [2.24, 2.45) is 0 Å². The number of carbonyl (C=O) groups is 2. The summed E-state index contributed by atoms with van der Waals surface area (Å²) in [6, 6.07) is 18.7. The van der Waals surface area contributed by atoms with Crippen molar-refractivity contribution in [3.8, 4) is 0 Å². The number of rotatable bonds is 10. The number of aromatic nitrogens is 1. The molecule has 0 saturated carbocycles.